The van der Waals surface area contributed by atoms with Crippen LogP contribution in [0.3, 0.4) is 0 Å². The minimum Gasteiger partial charge on any atom is -0.486 e. The minimum absolute atomic E-state index is 0.332. The molecule has 2 atom stereocenters. The number of nitrogens with zero attached hydrogens (tertiary/aromatic N) is 2. The van der Waals surface area contributed by atoms with Gasteiger partial charge < -0.3 is 19.5 Å². The topological polar surface area (TPSA) is 67.6 Å². The Morgan fingerprint density at radius 1 is 1.17 bits per heavy atom. The molecule has 2 aliphatic heterocycles. The Bertz CT molecular complexity index is 771. The fourth-order valence-corrected chi connectivity index (χ4v) is 4.44. The Morgan fingerprint density at radius 2 is 2.00 bits per heavy atom. The first kappa shape index (κ1) is 20.0. The lowest BCUT2D eigenvalue weighted by atomic mass is 9.81. The van der Waals surface area contributed by atoms with Crippen molar-refractivity contribution in [2.75, 3.05) is 26.2 Å². The molecule has 6 heteroatoms. The minimum atomic E-state index is 0.332. The van der Waals surface area contributed by atoms with Gasteiger partial charge >= 0.3 is 0 Å². The van der Waals surface area contributed by atoms with Crippen LogP contribution >= 0.6 is 0 Å². The summed E-state index contributed by atoms with van der Waals surface area (Å²) in [7, 11) is 0. The van der Waals surface area contributed by atoms with Crippen molar-refractivity contribution < 1.29 is 14.1 Å². The normalized spacial score (nSPS) is 22.4. The highest BCUT2D eigenvalue weighted by Gasteiger charge is 2.30. The molecule has 1 aromatic heterocycles. The summed E-state index contributed by atoms with van der Waals surface area (Å²) < 4.78 is 11.2. The molecule has 0 saturated carbocycles. The molecule has 0 spiro atoms. The van der Waals surface area contributed by atoms with Crippen molar-refractivity contribution >= 4 is 5.91 Å². The molecular formula is C23H31N3O3. The Morgan fingerprint density at radius 3 is 2.83 bits per heavy atom. The molecule has 2 saturated heterocycles. The molecule has 2 aromatic rings. The molecule has 2 fully saturated rings. The summed E-state index contributed by atoms with van der Waals surface area (Å²) in [6.07, 6.45) is 6.09. The largest absolute Gasteiger partial charge is 0.486 e. The van der Waals surface area contributed by atoms with E-state index in [0.717, 1.165) is 69.1 Å². The van der Waals surface area contributed by atoms with Gasteiger partial charge in [-0.1, -0.05) is 23.4 Å². The van der Waals surface area contributed by atoms with Gasteiger partial charge in [-0.25, -0.2) is 0 Å². The third-order valence-electron chi connectivity index (χ3n) is 6.11. The van der Waals surface area contributed by atoms with Gasteiger partial charge in [0, 0.05) is 25.6 Å². The Labute approximate surface area is 172 Å². The van der Waals surface area contributed by atoms with Gasteiger partial charge in [-0.3, -0.25) is 4.79 Å². The second-order valence-electron chi connectivity index (χ2n) is 8.25. The van der Waals surface area contributed by atoms with E-state index in [-0.39, 0.29) is 0 Å². The standard InChI is InChI=1S/C23H31N3O3/c27-23(26-11-5-2-6-12-26)14-18-9-10-24-16-19(18)13-20-15-22(29-25-20)17-28-21-7-3-1-4-8-21/h1,3-4,7-8,15,18-19,24H,2,5-6,9-14,16-17H2. The van der Waals surface area contributed by atoms with Gasteiger partial charge in [-0.2, -0.15) is 0 Å². The number of piperidine rings is 2. The average molecular weight is 398 g/mol. The zero-order chi connectivity index (χ0) is 19.9. The number of amides is 1. The maximum atomic E-state index is 12.7. The number of hydrogen-bond donors (Lipinski definition) is 1. The molecular weight excluding hydrogens is 366 g/mol. The molecule has 1 aromatic carbocycles. The van der Waals surface area contributed by atoms with Crippen molar-refractivity contribution in [1.29, 1.82) is 0 Å². The van der Waals surface area contributed by atoms with Crippen LogP contribution in [0.5, 0.6) is 5.75 Å². The maximum absolute atomic E-state index is 12.7. The molecule has 156 valence electrons. The summed E-state index contributed by atoms with van der Waals surface area (Å²) in [6, 6.07) is 11.7. The zero-order valence-corrected chi connectivity index (χ0v) is 17.0. The van der Waals surface area contributed by atoms with Gasteiger partial charge in [0.2, 0.25) is 5.91 Å². The van der Waals surface area contributed by atoms with Crippen molar-refractivity contribution in [1.82, 2.24) is 15.4 Å². The van der Waals surface area contributed by atoms with E-state index in [9.17, 15) is 4.79 Å². The molecule has 0 radical (unpaired) electrons. The number of carbonyl (C=O) groups excluding carboxylic acids is 1. The molecule has 2 unspecified atom stereocenters. The first-order valence-corrected chi connectivity index (χ1v) is 10.9. The van der Waals surface area contributed by atoms with Crippen LogP contribution in [0.1, 0.15) is 43.6 Å². The van der Waals surface area contributed by atoms with Crippen LogP contribution in [0.2, 0.25) is 0 Å². The highest BCUT2D eigenvalue weighted by molar-refractivity contribution is 5.76. The first-order chi connectivity index (χ1) is 14.3. The fourth-order valence-electron chi connectivity index (χ4n) is 4.44. The zero-order valence-electron chi connectivity index (χ0n) is 17.0. The van der Waals surface area contributed by atoms with Crippen LogP contribution in [-0.4, -0.2) is 42.1 Å². The van der Waals surface area contributed by atoms with Gasteiger partial charge in [0.05, 0.1) is 5.69 Å². The smallest absolute Gasteiger partial charge is 0.222 e. The molecule has 29 heavy (non-hydrogen) atoms. The van der Waals surface area contributed by atoms with E-state index in [1.165, 1.54) is 6.42 Å². The van der Waals surface area contributed by atoms with Crippen molar-refractivity contribution in [2.45, 2.75) is 45.1 Å². The van der Waals surface area contributed by atoms with Crippen LogP contribution in [0.25, 0.3) is 0 Å². The number of para-hydroxylation sites is 1. The maximum Gasteiger partial charge on any atom is 0.222 e. The molecule has 6 nitrogen and oxygen atoms in total. The van der Waals surface area contributed by atoms with Gasteiger partial charge in [0.1, 0.15) is 12.4 Å². The fraction of sp³-hybridized carbons (Fsp3) is 0.565. The number of nitrogens with one attached hydrogen (secondary N) is 1. The summed E-state index contributed by atoms with van der Waals surface area (Å²) in [6.45, 7) is 4.16. The molecule has 1 N–H and O–H groups in total. The van der Waals surface area contributed by atoms with E-state index in [1.807, 2.05) is 36.4 Å². The lowest BCUT2D eigenvalue weighted by molar-refractivity contribution is -0.133. The first-order valence-electron chi connectivity index (χ1n) is 10.9. The summed E-state index contributed by atoms with van der Waals surface area (Å²) >= 11 is 0. The van der Waals surface area contributed by atoms with Crippen LogP contribution in [0, 0.1) is 11.8 Å². The number of carbonyl (C=O) groups is 1. The number of rotatable bonds is 7. The molecule has 1 amide bonds. The number of hydrogen-bond acceptors (Lipinski definition) is 5. The van der Waals surface area contributed by atoms with Gasteiger partial charge in [-0.05, 0) is 69.2 Å². The lowest BCUT2D eigenvalue weighted by Gasteiger charge is -2.34. The number of benzene rings is 1. The van der Waals surface area contributed by atoms with Crippen LogP contribution in [0.15, 0.2) is 40.9 Å². The van der Waals surface area contributed by atoms with E-state index in [2.05, 4.69) is 15.4 Å². The summed E-state index contributed by atoms with van der Waals surface area (Å²) in [4.78, 5) is 14.8. The second kappa shape index (κ2) is 9.92. The Hall–Kier alpha value is -2.34. The van der Waals surface area contributed by atoms with E-state index < -0.39 is 0 Å². The van der Waals surface area contributed by atoms with E-state index in [0.29, 0.717) is 30.8 Å². The predicted molar refractivity (Wildman–Crippen MR) is 110 cm³/mol. The number of likely N-dealkylation sites (tertiary alicyclic amines) is 1. The molecule has 2 aliphatic rings. The lowest BCUT2D eigenvalue weighted by Crippen LogP contribution is -2.42. The monoisotopic (exact) mass is 397 g/mol. The number of aromatic nitrogens is 1. The van der Waals surface area contributed by atoms with Gasteiger partial charge in [0.15, 0.2) is 5.76 Å². The quantitative estimate of drug-likeness (QED) is 0.775. The highest BCUT2D eigenvalue weighted by atomic mass is 16.5. The third-order valence-corrected chi connectivity index (χ3v) is 6.11. The molecule has 0 aliphatic carbocycles. The van der Waals surface area contributed by atoms with E-state index in [4.69, 9.17) is 9.26 Å². The van der Waals surface area contributed by atoms with Crippen molar-refractivity contribution in [3.63, 3.8) is 0 Å². The van der Waals surface area contributed by atoms with Gasteiger partial charge in [0.25, 0.3) is 0 Å². The molecule has 0 bridgehead atoms. The van der Waals surface area contributed by atoms with Crippen LogP contribution in [-0.2, 0) is 17.8 Å². The highest BCUT2D eigenvalue weighted by Crippen LogP contribution is 2.27. The summed E-state index contributed by atoms with van der Waals surface area (Å²) in [5.74, 6) is 2.70. The Balaban J connectivity index is 1.31. The SMILES string of the molecule is O=C(CC1CCNCC1Cc1cc(COc2ccccc2)on1)N1CCCCC1. The number of ether oxygens (including phenoxy) is 1. The molecule has 4 rings (SSSR count). The van der Waals surface area contributed by atoms with Crippen molar-refractivity contribution in [2.24, 2.45) is 11.8 Å². The summed E-state index contributed by atoms with van der Waals surface area (Å²) in [5.41, 5.74) is 0.945. The average Bonchev–Trinajstić information content (AvgIpc) is 3.22. The molecule has 3 heterocycles. The van der Waals surface area contributed by atoms with E-state index >= 15 is 0 Å². The summed E-state index contributed by atoms with van der Waals surface area (Å²) in [5, 5.41) is 7.73. The Kier molecular flexibility index (Phi) is 6.83. The van der Waals surface area contributed by atoms with Gasteiger partial charge in [-0.15, -0.1) is 0 Å². The third kappa shape index (κ3) is 5.60. The van der Waals surface area contributed by atoms with Crippen molar-refractivity contribution in [3.8, 4) is 5.75 Å². The predicted octanol–water partition coefficient (Wildman–Crippen LogP) is 3.42. The second-order valence-corrected chi connectivity index (χ2v) is 8.25. The van der Waals surface area contributed by atoms with E-state index in [1.54, 1.807) is 0 Å². The van der Waals surface area contributed by atoms with Crippen LogP contribution < -0.4 is 10.1 Å². The van der Waals surface area contributed by atoms with Crippen LogP contribution in [0.4, 0.5) is 0 Å². The van der Waals surface area contributed by atoms with Crippen molar-refractivity contribution in [3.05, 3.63) is 47.9 Å².